The molecule has 44 heavy (non-hydrogen) atoms. The molecule has 13 nitrogen and oxygen atoms in total. The van der Waals surface area contributed by atoms with Gasteiger partial charge in [0.1, 0.15) is 0 Å². The number of nitrogens with zero attached hydrogens (tertiary/aromatic N) is 9. The van der Waals surface area contributed by atoms with Crippen LogP contribution in [0.25, 0.3) is 31.3 Å². The van der Waals surface area contributed by atoms with Crippen molar-refractivity contribution in [1.29, 1.82) is 0 Å². The first-order chi connectivity index (χ1) is 20.5. The Morgan fingerprint density at radius 3 is 1.20 bits per heavy atom. The molecule has 0 atom stereocenters. The molecular formula is C29H47N9O4P2. The number of azide groups is 3. The predicted octanol–water partition coefficient (Wildman–Crippen LogP) is 10.2. The fourth-order valence-electron chi connectivity index (χ4n) is 2.17. The van der Waals surface area contributed by atoms with E-state index in [4.69, 9.17) is 30.7 Å². The monoisotopic (exact) mass is 647 g/mol. The van der Waals surface area contributed by atoms with E-state index < -0.39 is 7.37 Å². The second kappa shape index (κ2) is 35.3. The molecule has 3 aromatic carbocycles. The van der Waals surface area contributed by atoms with E-state index in [0.29, 0.717) is 6.61 Å². The van der Waals surface area contributed by atoms with Gasteiger partial charge in [-0.3, -0.25) is 4.57 Å². The van der Waals surface area contributed by atoms with E-state index >= 15 is 0 Å². The van der Waals surface area contributed by atoms with Gasteiger partial charge < -0.3 is 14.2 Å². The fourth-order valence-corrected chi connectivity index (χ4v) is 3.03. The van der Waals surface area contributed by atoms with Gasteiger partial charge >= 0.3 is 0 Å². The molecule has 1 N–H and O–H groups in total. The zero-order chi connectivity index (χ0) is 33.2. The summed E-state index contributed by atoms with van der Waals surface area (Å²) in [5.41, 5.74) is 25.3. The van der Waals surface area contributed by atoms with Crippen LogP contribution in [0, 0.1) is 0 Å². The van der Waals surface area contributed by atoms with Crippen LogP contribution in [0.15, 0.2) is 106 Å². The first-order valence-electron chi connectivity index (χ1n) is 12.6. The average molecular weight is 648 g/mol. The van der Waals surface area contributed by atoms with Crippen molar-refractivity contribution in [2.45, 2.75) is 27.2 Å². The smallest absolute Gasteiger partial charge is 0.197 e. The van der Waals surface area contributed by atoms with E-state index in [2.05, 4.69) is 55.5 Å². The van der Waals surface area contributed by atoms with Crippen molar-refractivity contribution < 1.29 is 18.7 Å². The number of aliphatic hydroxyl groups excluding tert-OH is 1. The van der Waals surface area contributed by atoms with Gasteiger partial charge in [-0.1, -0.05) is 114 Å². The largest absolute Gasteiger partial charge is 0.392 e. The Balaban J connectivity index is -0.000000231. The lowest BCUT2D eigenvalue weighted by Crippen LogP contribution is -1.88. The highest BCUT2D eigenvalue weighted by molar-refractivity contribution is 7.57. The Labute approximate surface area is 263 Å². The summed E-state index contributed by atoms with van der Waals surface area (Å²) in [7, 11) is 1.61. The Hall–Kier alpha value is -3.87. The number of hydrogen-bond acceptors (Lipinski definition) is 7. The zero-order valence-corrected chi connectivity index (χ0v) is 27.7. The van der Waals surface area contributed by atoms with Gasteiger partial charge in [0.25, 0.3) is 0 Å². The molecule has 0 unspecified atom stereocenters. The minimum atomic E-state index is -2.33. The van der Waals surface area contributed by atoms with Crippen LogP contribution in [0.2, 0.25) is 0 Å². The van der Waals surface area contributed by atoms with Gasteiger partial charge in [-0.2, -0.15) is 0 Å². The van der Waals surface area contributed by atoms with Crippen molar-refractivity contribution in [1.82, 2.24) is 0 Å². The maximum atomic E-state index is 11.2. The highest BCUT2D eigenvalue weighted by Gasteiger charge is 2.06. The minimum Gasteiger partial charge on any atom is -0.392 e. The van der Waals surface area contributed by atoms with Gasteiger partial charge in [0, 0.05) is 57.4 Å². The van der Waals surface area contributed by atoms with Crippen LogP contribution in [-0.2, 0) is 33.4 Å². The fraction of sp³-hybridized carbons (Fsp3) is 0.379. The number of hydrogen-bond donors (Lipinski definition) is 1. The van der Waals surface area contributed by atoms with Crippen LogP contribution in [0.5, 0.6) is 0 Å². The zero-order valence-electron chi connectivity index (χ0n) is 25.9. The molecule has 0 bridgehead atoms. The van der Waals surface area contributed by atoms with Gasteiger partial charge in [0.2, 0.25) is 0 Å². The third-order valence-electron chi connectivity index (χ3n) is 4.01. The molecule has 242 valence electrons. The first kappa shape index (κ1) is 47.1. The summed E-state index contributed by atoms with van der Waals surface area (Å²) in [6, 6.07) is 29.5. The third kappa shape index (κ3) is 40.3. The summed E-state index contributed by atoms with van der Waals surface area (Å²) in [6.45, 7) is 8.79. The predicted molar refractivity (Wildman–Crippen MR) is 185 cm³/mol. The Morgan fingerprint density at radius 2 is 0.977 bits per heavy atom. The minimum absolute atomic E-state index is 0. The molecule has 3 rings (SSSR count). The normalized spacial score (nSPS) is 8.57. The summed E-state index contributed by atoms with van der Waals surface area (Å²) in [5, 5.41) is 17.3. The molecule has 0 aliphatic heterocycles. The highest BCUT2D eigenvalue weighted by atomic mass is 31.2. The van der Waals surface area contributed by atoms with Gasteiger partial charge in [0.05, 0.1) is 19.8 Å². The summed E-state index contributed by atoms with van der Waals surface area (Å²) >= 11 is 0. The highest BCUT2D eigenvalue weighted by Crippen LogP contribution is 2.38. The van der Waals surface area contributed by atoms with Crippen LogP contribution in [-0.4, -0.2) is 52.9 Å². The van der Waals surface area contributed by atoms with Gasteiger partial charge in [-0.05, 0) is 46.6 Å². The Morgan fingerprint density at radius 1 is 0.682 bits per heavy atom. The second-order valence-corrected chi connectivity index (χ2v) is 12.7. The molecule has 0 saturated carbocycles. The molecule has 0 spiro atoms. The lowest BCUT2D eigenvalue weighted by molar-refractivity contribution is 0.282. The van der Waals surface area contributed by atoms with Crippen LogP contribution < -0.4 is 0 Å². The third-order valence-corrected chi connectivity index (χ3v) is 5.41. The molecule has 0 aliphatic rings. The molecule has 0 aromatic heterocycles. The maximum Gasteiger partial charge on any atom is 0.197 e. The topological polar surface area (TPSA) is 202 Å². The van der Waals surface area contributed by atoms with Crippen molar-refractivity contribution in [3.63, 3.8) is 0 Å². The Bertz CT molecular complexity index is 1190. The molecule has 0 radical (unpaired) electrons. The molecular weight excluding hydrogens is 600 g/mol. The van der Waals surface area contributed by atoms with Crippen LogP contribution in [0.4, 0.5) is 0 Å². The quantitative estimate of drug-likeness (QED) is 0.115. The van der Waals surface area contributed by atoms with Crippen molar-refractivity contribution in [3.05, 3.63) is 139 Å². The summed E-state index contributed by atoms with van der Waals surface area (Å²) in [5.74, 6) is 0. The lowest BCUT2D eigenvalue weighted by Gasteiger charge is -2.07. The van der Waals surface area contributed by atoms with Crippen LogP contribution in [0.1, 0.15) is 24.1 Å². The molecule has 0 fully saturated rings. The van der Waals surface area contributed by atoms with Crippen LogP contribution >= 0.6 is 15.5 Å². The van der Waals surface area contributed by atoms with E-state index in [0.717, 1.165) is 17.7 Å². The second-order valence-electron chi connectivity index (χ2n) is 8.09. The van der Waals surface area contributed by atoms with Gasteiger partial charge in [0.15, 0.2) is 7.37 Å². The SMILES string of the molecule is C.CN=[N+]=[N-].CN=[N+]=[N-].CN=[N+]=[N-].CP(C)(=O)OCc1ccccc1.CP(C)OCc1ccccc1.OCc1ccccc1. The summed E-state index contributed by atoms with van der Waals surface area (Å²) < 4.78 is 21.8. The van der Waals surface area contributed by atoms with Crippen molar-refractivity contribution >= 4 is 15.5 Å². The lowest BCUT2D eigenvalue weighted by atomic mass is 10.2. The van der Waals surface area contributed by atoms with Gasteiger partial charge in [-0.25, -0.2) is 0 Å². The first-order valence-corrected chi connectivity index (χ1v) is 17.2. The standard InChI is InChI=1S/C9H13O2P.C9H13OP.C7H8O.3CH3N3.CH4/c1-12(2,10)11-8-9-6-4-3-5-7-9;1-11(2)10-8-9-6-4-3-5-7-9;8-6-7-4-2-1-3-5-7;3*1-3-4-2;/h3-7H,8H2,1-2H3;3-7H,8H2,1-2H3;1-5,8H,6H2;3*1H3;1H4. The molecule has 0 amide bonds. The summed E-state index contributed by atoms with van der Waals surface area (Å²) in [6.07, 6.45) is 0. The molecule has 0 saturated heterocycles. The number of benzene rings is 3. The van der Waals surface area contributed by atoms with Crippen LogP contribution in [0.3, 0.4) is 0 Å². The number of aliphatic hydroxyl groups is 1. The molecule has 0 aliphatic carbocycles. The van der Waals surface area contributed by atoms with E-state index in [9.17, 15) is 4.57 Å². The van der Waals surface area contributed by atoms with E-state index in [1.807, 2.05) is 78.9 Å². The maximum absolute atomic E-state index is 11.2. The van der Waals surface area contributed by atoms with E-state index in [1.165, 1.54) is 26.7 Å². The van der Waals surface area contributed by atoms with E-state index in [1.54, 1.807) is 13.3 Å². The molecule has 0 heterocycles. The Kier molecular flexibility index (Phi) is 37.8. The molecule has 3 aromatic rings. The van der Waals surface area contributed by atoms with Gasteiger partial charge in [-0.15, -0.1) is 0 Å². The van der Waals surface area contributed by atoms with Crippen molar-refractivity contribution in [2.75, 3.05) is 47.8 Å². The van der Waals surface area contributed by atoms with E-state index in [-0.39, 0.29) is 22.2 Å². The van der Waals surface area contributed by atoms with Crippen molar-refractivity contribution in [2.24, 2.45) is 15.3 Å². The average Bonchev–Trinajstić information content (AvgIpc) is 3.04. The molecule has 15 heteroatoms. The number of rotatable bonds is 7. The van der Waals surface area contributed by atoms with Crippen molar-refractivity contribution in [3.8, 4) is 0 Å². The summed E-state index contributed by atoms with van der Waals surface area (Å²) in [4.78, 5) is 7.08.